The first-order chi connectivity index (χ1) is 29.9. The first-order valence-electron chi connectivity index (χ1n) is 21.7. The van der Waals surface area contributed by atoms with Gasteiger partial charge in [-0.15, -0.1) is 0 Å². The molecule has 9 rings (SSSR count). The van der Waals surface area contributed by atoms with E-state index in [1.54, 1.807) is 0 Å². The summed E-state index contributed by atoms with van der Waals surface area (Å²) in [7, 11) is 0. The summed E-state index contributed by atoms with van der Waals surface area (Å²) in [4.78, 5) is 53.4. The SMILES string of the molecule is Cc1cc(-c2[nH]nc3ncc(-c4ccc(N5CCN(CC6CCN(c7ccc(C8CCC(=O)NC8=O)cc7)C6)CC5)cc4)cc23)ccc1C(C)NC(=O)c1noc(C(C)(C)C)n1. The van der Waals surface area contributed by atoms with Crippen molar-refractivity contribution in [3.8, 4) is 22.4 Å². The van der Waals surface area contributed by atoms with Crippen LogP contribution in [0, 0.1) is 12.8 Å². The molecule has 0 bridgehead atoms. The molecule has 0 radical (unpaired) electrons. The van der Waals surface area contributed by atoms with E-state index in [9.17, 15) is 14.4 Å². The van der Waals surface area contributed by atoms with Crippen LogP contribution in [0.3, 0.4) is 0 Å². The maximum atomic E-state index is 12.9. The number of aryl methyl sites for hydroxylation is 1. The predicted molar refractivity (Wildman–Crippen MR) is 239 cm³/mol. The fourth-order valence-electron chi connectivity index (χ4n) is 9.12. The van der Waals surface area contributed by atoms with Crippen molar-refractivity contribution in [3.63, 3.8) is 0 Å². The molecule has 3 atom stereocenters. The molecule has 3 aliphatic rings. The fourth-order valence-corrected chi connectivity index (χ4v) is 9.12. The van der Waals surface area contributed by atoms with Crippen molar-refractivity contribution in [2.75, 3.05) is 55.6 Å². The van der Waals surface area contributed by atoms with Gasteiger partial charge in [0.2, 0.25) is 17.7 Å². The van der Waals surface area contributed by atoms with Crippen LogP contribution in [0.2, 0.25) is 0 Å². The van der Waals surface area contributed by atoms with E-state index in [1.165, 1.54) is 17.8 Å². The lowest BCUT2D eigenvalue weighted by Crippen LogP contribution is -2.48. The number of carbonyl (C=O) groups excluding carboxylic acids is 3. The molecular weight excluding hydrogens is 781 g/mol. The first kappa shape index (κ1) is 41.0. The average Bonchev–Trinajstić information content (AvgIpc) is 4.05. The fraction of sp³-hybridized carbons (Fsp3) is 0.396. The molecule has 3 N–H and O–H groups in total. The molecule has 3 aromatic heterocycles. The number of aromatic nitrogens is 5. The molecule has 6 heterocycles. The molecule has 320 valence electrons. The number of amides is 3. The molecule has 3 amide bonds. The molecule has 0 aliphatic carbocycles. The molecule has 3 unspecified atom stereocenters. The van der Waals surface area contributed by atoms with E-state index in [1.807, 2.05) is 52.9 Å². The molecule has 3 aromatic carbocycles. The summed E-state index contributed by atoms with van der Waals surface area (Å²) in [5, 5.41) is 18.0. The zero-order chi connectivity index (χ0) is 43.1. The molecule has 3 fully saturated rings. The third kappa shape index (κ3) is 8.56. The topological polar surface area (TPSA) is 165 Å². The first-order valence-corrected chi connectivity index (χ1v) is 21.7. The van der Waals surface area contributed by atoms with Crippen LogP contribution in [0.4, 0.5) is 11.4 Å². The van der Waals surface area contributed by atoms with E-state index >= 15 is 0 Å². The Bertz CT molecular complexity index is 2600. The van der Waals surface area contributed by atoms with Crippen LogP contribution in [0.5, 0.6) is 0 Å². The normalized spacial score (nSPS) is 19.2. The van der Waals surface area contributed by atoms with E-state index in [-0.39, 0.29) is 40.9 Å². The lowest BCUT2D eigenvalue weighted by atomic mass is 9.90. The number of pyridine rings is 1. The summed E-state index contributed by atoms with van der Waals surface area (Å²) in [6, 6.07) is 25.2. The van der Waals surface area contributed by atoms with Crippen LogP contribution in [-0.2, 0) is 15.0 Å². The van der Waals surface area contributed by atoms with Gasteiger partial charge in [-0.1, -0.05) is 62.3 Å². The summed E-state index contributed by atoms with van der Waals surface area (Å²) in [6.45, 7) is 17.1. The number of imide groups is 1. The van der Waals surface area contributed by atoms with Crippen molar-refractivity contribution >= 4 is 40.1 Å². The summed E-state index contributed by atoms with van der Waals surface area (Å²) in [5.41, 5.74) is 9.72. The number of piperidine rings is 1. The van der Waals surface area contributed by atoms with Gasteiger partial charge in [-0.2, -0.15) is 10.1 Å². The van der Waals surface area contributed by atoms with E-state index in [2.05, 4.69) is 106 Å². The lowest BCUT2D eigenvalue weighted by Gasteiger charge is -2.37. The van der Waals surface area contributed by atoms with Crippen molar-refractivity contribution in [2.45, 2.75) is 71.3 Å². The Labute approximate surface area is 361 Å². The number of carbonyl (C=O) groups is 3. The molecule has 6 aromatic rings. The summed E-state index contributed by atoms with van der Waals surface area (Å²) < 4.78 is 5.32. The Morgan fingerprint density at radius 2 is 1.61 bits per heavy atom. The number of hydrogen-bond donors (Lipinski definition) is 3. The second-order valence-corrected chi connectivity index (χ2v) is 18.2. The number of rotatable bonds is 10. The minimum atomic E-state index is -0.381. The molecule has 3 saturated heterocycles. The largest absolute Gasteiger partial charge is 0.371 e. The Morgan fingerprint density at radius 3 is 2.32 bits per heavy atom. The van der Waals surface area contributed by atoms with Gasteiger partial charge in [-0.25, -0.2) is 4.98 Å². The van der Waals surface area contributed by atoms with Crippen LogP contribution < -0.4 is 20.4 Å². The van der Waals surface area contributed by atoms with Gasteiger partial charge in [0, 0.05) is 91.7 Å². The van der Waals surface area contributed by atoms with Gasteiger partial charge < -0.3 is 19.6 Å². The zero-order valence-corrected chi connectivity index (χ0v) is 36.1. The molecular formula is C48H54N10O4. The monoisotopic (exact) mass is 834 g/mol. The van der Waals surface area contributed by atoms with Crippen molar-refractivity contribution in [1.29, 1.82) is 0 Å². The van der Waals surface area contributed by atoms with Crippen LogP contribution in [0.15, 0.2) is 83.5 Å². The van der Waals surface area contributed by atoms with Gasteiger partial charge in [0.05, 0.1) is 17.7 Å². The number of nitrogens with zero attached hydrogens (tertiary/aromatic N) is 7. The summed E-state index contributed by atoms with van der Waals surface area (Å²) >= 11 is 0. The standard InChI is InChI=1S/C48H54N10O4/c1-29-24-34(10-15-38(29)30(2)50-46(61)44-52-47(62-55-44)48(3,4)5)42-40-25-35(26-49-43(40)54-53-42)32-6-11-36(12-7-32)57-22-20-56(21-23-57)27-31-18-19-58(28-31)37-13-8-33(9-14-37)39-16-17-41(59)51-45(39)60/h6-15,24-26,30-31,39H,16-23,27-28H2,1-5H3,(H,50,61)(H,49,53,54)(H,51,59,60). The highest BCUT2D eigenvalue weighted by molar-refractivity contribution is 6.01. The Kier molecular flexibility index (Phi) is 11.1. The molecule has 0 spiro atoms. The molecule has 0 saturated carbocycles. The van der Waals surface area contributed by atoms with Crippen LogP contribution in [-0.4, -0.2) is 93.8 Å². The van der Waals surface area contributed by atoms with Crippen LogP contribution in [0.1, 0.15) is 92.1 Å². The number of benzene rings is 3. The zero-order valence-electron chi connectivity index (χ0n) is 36.1. The van der Waals surface area contributed by atoms with Crippen molar-refractivity contribution < 1.29 is 18.9 Å². The van der Waals surface area contributed by atoms with E-state index in [4.69, 9.17) is 9.51 Å². The summed E-state index contributed by atoms with van der Waals surface area (Å²) in [5.74, 6) is 0.0718. The predicted octanol–water partition coefficient (Wildman–Crippen LogP) is 6.94. The maximum absolute atomic E-state index is 12.9. The van der Waals surface area contributed by atoms with Crippen LogP contribution >= 0.6 is 0 Å². The minimum Gasteiger partial charge on any atom is -0.371 e. The Morgan fingerprint density at radius 1 is 0.887 bits per heavy atom. The molecule has 3 aliphatic heterocycles. The van der Waals surface area contributed by atoms with Gasteiger partial charge >= 0.3 is 0 Å². The number of hydrogen-bond acceptors (Lipinski definition) is 11. The quantitative estimate of drug-likeness (QED) is 0.123. The minimum absolute atomic E-state index is 0.0242. The Hall–Kier alpha value is -6.41. The van der Waals surface area contributed by atoms with Gasteiger partial charge in [-0.3, -0.25) is 29.7 Å². The van der Waals surface area contributed by atoms with Crippen molar-refractivity contribution in [1.82, 2.24) is 40.9 Å². The van der Waals surface area contributed by atoms with Crippen LogP contribution in [0.25, 0.3) is 33.4 Å². The second-order valence-electron chi connectivity index (χ2n) is 18.2. The number of anilines is 2. The van der Waals surface area contributed by atoms with E-state index < -0.39 is 0 Å². The van der Waals surface area contributed by atoms with Gasteiger partial charge in [0.1, 0.15) is 0 Å². The highest BCUT2D eigenvalue weighted by Crippen LogP contribution is 2.33. The third-order valence-corrected chi connectivity index (χ3v) is 12.7. The van der Waals surface area contributed by atoms with Gasteiger partial charge in [0.25, 0.3) is 11.7 Å². The summed E-state index contributed by atoms with van der Waals surface area (Å²) in [6.07, 6.45) is 4.03. The number of piperazine rings is 1. The van der Waals surface area contributed by atoms with Gasteiger partial charge in [-0.05, 0) is 91.3 Å². The average molecular weight is 835 g/mol. The van der Waals surface area contributed by atoms with Crippen molar-refractivity contribution in [3.05, 3.63) is 107 Å². The van der Waals surface area contributed by atoms with E-state index in [0.717, 1.165) is 90.3 Å². The number of aromatic amines is 1. The van der Waals surface area contributed by atoms with Crippen molar-refractivity contribution in [2.24, 2.45) is 5.92 Å². The van der Waals surface area contributed by atoms with Gasteiger partial charge in [0.15, 0.2) is 5.65 Å². The number of fused-ring (bicyclic) bond motifs is 1. The third-order valence-electron chi connectivity index (χ3n) is 12.7. The number of nitrogens with one attached hydrogen (secondary N) is 3. The molecule has 62 heavy (non-hydrogen) atoms. The maximum Gasteiger partial charge on any atom is 0.293 e. The smallest absolute Gasteiger partial charge is 0.293 e. The Balaban J connectivity index is 0.783. The molecule has 14 nitrogen and oxygen atoms in total. The second kappa shape index (κ2) is 16.8. The highest BCUT2D eigenvalue weighted by Gasteiger charge is 2.30. The highest BCUT2D eigenvalue weighted by atomic mass is 16.5. The lowest BCUT2D eigenvalue weighted by molar-refractivity contribution is -0.134. The van der Waals surface area contributed by atoms with E-state index in [0.29, 0.717) is 30.3 Å². The number of H-pyrrole nitrogens is 1. The molecule has 14 heteroatoms.